The second-order valence-corrected chi connectivity index (χ2v) is 7.46. The van der Waals surface area contributed by atoms with Crippen LogP contribution in [0.3, 0.4) is 0 Å². The van der Waals surface area contributed by atoms with Gasteiger partial charge in [-0.05, 0) is 30.7 Å². The first-order valence-electron chi connectivity index (χ1n) is 8.50. The number of amides is 1. The summed E-state index contributed by atoms with van der Waals surface area (Å²) in [5.74, 6) is -0.252. The van der Waals surface area contributed by atoms with Gasteiger partial charge in [-0.3, -0.25) is 4.79 Å². The van der Waals surface area contributed by atoms with Gasteiger partial charge >= 0.3 is 0 Å². The molecular weight excluding hydrogens is 382 g/mol. The molecule has 4 aromatic rings. The molecule has 0 atom stereocenters. The molecule has 8 heteroatoms. The van der Waals surface area contributed by atoms with Crippen LogP contribution in [0.5, 0.6) is 0 Å². The third kappa shape index (κ3) is 3.99. The predicted molar refractivity (Wildman–Crippen MR) is 107 cm³/mol. The van der Waals surface area contributed by atoms with Crippen LogP contribution < -0.4 is 5.32 Å². The summed E-state index contributed by atoms with van der Waals surface area (Å²) in [4.78, 5) is 16.9. The van der Waals surface area contributed by atoms with Crippen LogP contribution in [0.25, 0.3) is 15.9 Å². The van der Waals surface area contributed by atoms with E-state index >= 15 is 0 Å². The lowest BCUT2D eigenvalue weighted by Crippen LogP contribution is -2.25. The molecule has 2 aromatic heterocycles. The standard InChI is InChI=1S/C19H16ClN5OS/c20-13-6-1-3-8-16(13)25-12-15(23-24-25)19(26)21-11-5-10-18-22-14-7-2-4-9-17(14)27-18/h1-4,6-9,12H,5,10-11H2,(H,21,26). The maximum atomic E-state index is 12.3. The summed E-state index contributed by atoms with van der Waals surface area (Å²) in [5, 5.41) is 12.4. The van der Waals surface area contributed by atoms with Gasteiger partial charge in [0.2, 0.25) is 0 Å². The third-order valence-electron chi connectivity index (χ3n) is 4.02. The maximum Gasteiger partial charge on any atom is 0.273 e. The lowest BCUT2D eigenvalue weighted by atomic mass is 10.3. The average molecular weight is 398 g/mol. The number of benzene rings is 2. The van der Waals surface area contributed by atoms with Gasteiger partial charge in [0.25, 0.3) is 5.91 Å². The number of hydrogen-bond donors (Lipinski definition) is 1. The van der Waals surface area contributed by atoms with E-state index in [2.05, 4.69) is 26.7 Å². The highest BCUT2D eigenvalue weighted by molar-refractivity contribution is 7.18. The van der Waals surface area contributed by atoms with Gasteiger partial charge < -0.3 is 5.32 Å². The Morgan fingerprint density at radius 2 is 1.96 bits per heavy atom. The van der Waals surface area contributed by atoms with E-state index in [4.69, 9.17) is 11.6 Å². The molecule has 1 amide bonds. The molecule has 0 aliphatic carbocycles. The molecule has 6 nitrogen and oxygen atoms in total. The highest BCUT2D eigenvalue weighted by Gasteiger charge is 2.12. The van der Waals surface area contributed by atoms with Crippen LogP contribution >= 0.6 is 22.9 Å². The number of halogens is 1. The molecule has 0 aliphatic heterocycles. The number of aryl methyl sites for hydroxylation is 1. The Kier molecular flexibility index (Phi) is 5.13. The first kappa shape index (κ1) is 17.6. The van der Waals surface area contributed by atoms with Crippen molar-refractivity contribution < 1.29 is 4.79 Å². The quantitative estimate of drug-likeness (QED) is 0.501. The lowest BCUT2D eigenvalue weighted by Gasteiger charge is -2.02. The summed E-state index contributed by atoms with van der Waals surface area (Å²) in [6.07, 6.45) is 3.21. The normalized spacial score (nSPS) is 11.0. The van der Waals surface area contributed by atoms with Gasteiger partial charge in [-0.15, -0.1) is 16.4 Å². The molecule has 0 aliphatic rings. The molecule has 0 saturated carbocycles. The fraction of sp³-hybridized carbons (Fsp3) is 0.158. The Bertz CT molecular complexity index is 1060. The molecule has 136 valence electrons. The lowest BCUT2D eigenvalue weighted by molar-refractivity contribution is 0.0948. The summed E-state index contributed by atoms with van der Waals surface area (Å²) >= 11 is 7.84. The summed E-state index contributed by atoms with van der Waals surface area (Å²) in [5.41, 5.74) is 1.97. The Morgan fingerprint density at radius 1 is 1.15 bits per heavy atom. The molecular formula is C19H16ClN5OS. The van der Waals surface area contributed by atoms with E-state index in [1.807, 2.05) is 36.4 Å². The monoisotopic (exact) mass is 397 g/mol. The summed E-state index contributed by atoms with van der Waals surface area (Å²) in [6.45, 7) is 0.549. The molecule has 0 unspecified atom stereocenters. The van der Waals surface area contributed by atoms with Gasteiger partial charge in [0.15, 0.2) is 5.69 Å². The van der Waals surface area contributed by atoms with Gasteiger partial charge in [-0.1, -0.05) is 41.1 Å². The van der Waals surface area contributed by atoms with E-state index in [1.165, 1.54) is 9.38 Å². The number of carbonyl (C=O) groups excluding carboxylic acids is 1. The second kappa shape index (κ2) is 7.85. The Hall–Kier alpha value is -2.77. The van der Waals surface area contributed by atoms with Crippen LogP contribution in [0.15, 0.2) is 54.7 Å². The zero-order valence-electron chi connectivity index (χ0n) is 14.3. The van der Waals surface area contributed by atoms with Crippen molar-refractivity contribution in [2.45, 2.75) is 12.8 Å². The van der Waals surface area contributed by atoms with Crippen molar-refractivity contribution in [2.24, 2.45) is 0 Å². The maximum absolute atomic E-state index is 12.3. The van der Waals surface area contributed by atoms with Crippen LogP contribution in [0, 0.1) is 0 Å². The van der Waals surface area contributed by atoms with E-state index in [0.29, 0.717) is 17.3 Å². The predicted octanol–water partition coefficient (Wildman–Crippen LogP) is 3.89. The van der Waals surface area contributed by atoms with Crippen molar-refractivity contribution in [2.75, 3.05) is 6.54 Å². The van der Waals surface area contributed by atoms with Crippen LogP contribution in [0.2, 0.25) is 5.02 Å². The van der Waals surface area contributed by atoms with Gasteiger partial charge in [-0.25, -0.2) is 9.67 Å². The minimum atomic E-state index is -0.252. The second-order valence-electron chi connectivity index (χ2n) is 5.93. The van der Waals surface area contributed by atoms with E-state index < -0.39 is 0 Å². The van der Waals surface area contributed by atoms with Gasteiger partial charge in [0, 0.05) is 13.0 Å². The van der Waals surface area contributed by atoms with Crippen molar-refractivity contribution in [3.8, 4) is 5.69 Å². The van der Waals surface area contributed by atoms with Crippen LogP contribution in [-0.2, 0) is 6.42 Å². The Balaban J connectivity index is 1.31. The zero-order chi connectivity index (χ0) is 18.6. The van der Waals surface area contributed by atoms with Crippen molar-refractivity contribution in [1.29, 1.82) is 0 Å². The molecule has 0 spiro atoms. The molecule has 4 rings (SSSR count). The Labute approximate surface area is 164 Å². The van der Waals surface area contributed by atoms with Gasteiger partial charge in [0.1, 0.15) is 0 Å². The number of carbonyl (C=O) groups is 1. The molecule has 2 heterocycles. The van der Waals surface area contributed by atoms with Crippen molar-refractivity contribution in [3.63, 3.8) is 0 Å². The minimum Gasteiger partial charge on any atom is -0.351 e. The molecule has 0 fully saturated rings. The van der Waals surface area contributed by atoms with Gasteiger partial charge in [0.05, 0.1) is 32.1 Å². The van der Waals surface area contributed by atoms with E-state index in [1.54, 1.807) is 23.6 Å². The van der Waals surface area contributed by atoms with E-state index in [0.717, 1.165) is 23.4 Å². The molecule has 27 heavy (non-hydrogen) atoms. The molecule has 2 aromatic carbocycles. The molecule has 0 radical (unpaired) electrons. The topological polar surface area (TPSA) is 72.7 Å². The molecule has 0 saturated heterocycles. The SMILES string of the molecule is O=C(NCCCc1nc2ccccc2s1)c1cn(-c2ccccc2Cl)nn1. The van der Waals surface area contributed by atoms with E-state index in [-0.39, 0.29) is 11.6 Å². The van der Waals surface area contributed by atoms with Crippen molar-refractivity contribution in [3.05, 3.63) is 70.5 Å². The number of nitrogens with one attached hydrogen (secondary N) is 1. The molecule has 1 N–H and O–H groups in total. The number of aromatic nitrogens is 4. The smallest absolute Gasteiger partial charge is 0.273 e. The number of hydrogen-bond acceptors (Lipinski definition) is 5. The number of fused-ring (bicyclic) bond motifs is 1. The summed E-state index contributed by atoms with van der Waals surface area (Å²) in [7, 11) is 0. The number of para-hydroxylation sites is 2. The summed E-state index contributed by atoms with van der Waals surface area (Å²) in [6, 6.07) is 15.4. The average Bonchev–Trinajstić information content (AvgIpc) is 3.32. The van der Waals surface area contributed by atoms with Gasteiger partial charge in [-0.2, -0.15) is 0 Å². The fourth-order valence-corrected chi connectivity index (χ4v) is 3.91. The number of thiazole rings is 1. The first-order valence-corrected chi connectivity index (χ1v) is 9.70. The number of nitrogens with zero attached hydrogens (tertiary/aromatic N) is 4. The van der Waals surface area contributed by atoms with Crippen LogP contribution in [0.1, 0.15) is 21.9 Å². The minimum absolute atomic E-state index is 0.252. The fourth-order valence-electron chi connectivity index (χ4n) is 2.68. The zero-order valence-corrected chi connectivity index (χ0v) is 15.9. The van der Waals surface area contributed by atoms with Crippen molar-refractivity contribution in [1.82, 2.24) is 25.3 Å². The van der Waals surface area contributed by atoms with Crippen molar-refractivity contribution >= 4 is 39.1 Å². The Morgan fingerprint density at radius 3 is 2.81 bits per heavy atom. The number of rotatable bonds is 6. The third-order valence-corrected chi connectivity index (χ3v) is 5.43. The first-order chi connectivity index (χ1) is 13.2. The molecule has 0 bridgehead atoms. The van der Waals surface area contributed by atoms with Crippen LogP contribution in [0.4, 0.5) is 0 Å². The van der Waals surface area contributed by atoms with Crippen LogP contribution in [-0.4, -0.2) is 32.4 Å². The van der Waals surface area contributed by atoms with E-state index in [9.17, 15) is 4.79 Å². The highest BCUT2D eigenvalue weighted by Crippen LogP contribution is 2.22. The largest absolute Gasteiger partial charge is 0.351 e. The highest BCUT2D eigenvalue weighted by atomic mass is 35.5. The summed E-state index contributed by atoms with van der Waals surface area (Å²) < 4.78 is 2.69.